The van der Waals surface area contributed by atoms with Gasteiger partial charge in [-0.2, -0.15) is 0 Å². The van der Waals surface area contributed by atoms with Crippen molar-refractivity contribution in [2.45, 2.75) is 35.5 Å². The van der Waals surface area contributed by atoms with Gasteiger partial charge in [0.15, 0.2) is 9.84 Å². The van der Waals surface area contributed by atoms with Crippen molar-refractivity contribution in [3.05, 3.63) is 65.0 Å². The lowest BCUT2D eigenvalue weighted by Crippen LogP contribution is -2.35. The molecule has 4 atom stereocenters. The van der Waals surface area contributed by atoms with E-state index in [2.05, 4.69) is 9.80 Å². The largest absolute Gasteiger partial charge is 0.305 e. The van der Waals surface area contributed by atoms with Gasteiger partial charge >= 0.3 is 0 Å². The molecule has 2 aromatic carbocycles. The molecule has 3 unspecified atom stereocenters. The van der Waals surface area contributed by atoms with Crippen LogP contribution in [0.1, 0.15) is 41.2 Å². The molecule has 2 aromatic rings. The average Bonchev–Trinajstić information content (AvgIpc) is 3.24. The molecule has 1 aliphatic heterocycles. The van der Waals surface area contributed by atoms with Gasteiger partial charge in [0.05, 0.1) is 4.90 Å². The average molecular weight is 421 g/mol. The first-order valence-corrected chi connectivity index (χ1v) is 11.7. The number of sulfone groups is 1. The van der Waals surface area contributed by atoms with E-state index in [0.29, 0.717) is 29.1 Å². The second-order valence-corrected chi connectivity index (χ2v) is 10.4. The number of hydrogen-bond donors (Lipinski definition) is 0. The Morgan fingerprint density at radius 3 is 2.38 bits per heavy atom. The van der Waals surface area contributed by atoms with Crippen LogP contribution in [0.15, 0.2) is 47.4 Å². The molecule has 0 bridgehead atoms. The summed E-state index contributed by atoms with van der Waals surface area (Å²) in [6, 6.07) is 11.6. The van der Waals surface area contributed by atoms with E-state index in [1.54, 1.807) is 24.3 Å². The van der Waals surface area contributed by atoms with Gasteiger partial charge in [0.1, 0.15) is 12.0 Å². The van der Waals surface area contributed by atoms with Crippen LogP contribution in [-0.2, 0) is 9.84 Å². The fourth-order valence-electron chi connectivity index (χ4n) is 4.83. The Morgan fingerprint density at radius 2 is 1.76 bits per heavy atom. The number of fused-ring (bicyclic) bond motifs is 1. The maximum atomic E-state index is 14.6. The topological polar surface area (TPSA) is 40.6 Å². The minimum atomic E-state index is -3.25. The lowest BCUT2D eigenvalue weighted by Gasteiger charge is -2.26. The number of nitrogens with zero attached hydrogens (tertiary/aromatic N) is 2. The predicted molar refractivity (Wildman–Crippen MR) is 109 cm³/mol. The summed E-state index contributed by atoms with van der Waals surface area (Å²) < 4.78 is 52.6. The van der Waals surface area contributed by atoms with E-state index < -0.39 is 16.0 Å². The standard InChI is InChI=1S/C22H26F2N2O2S/c1-25(2)21-13-26(20-11-19(24)16-5-4-6-18(23)22(16)20)12-17(21)14-7-9-15(10-8-14)29(3,27)28/h4-10,17,19-21H,11-13H2,1-3H3/t17?,19-,20?,21?/m0/s1. The van der Waals surface area contributed by atoms with Gasteiger partial charge in [0, 0.05) is 49.3 Å². The van der Waals surface area contributed by atoms with Gasteiger partial charge in [-0.1, -0.05) is 24.3 Å². The predicted octanol–water partition coefficient (Wildman–Crippen LogP) is 3.71. The molecule has 0 amide bonds. The summed E-state index contributed by atoms with van der Waals surface area (Å²) in [5.41, 5.74) is 2.00. The van der Waals surface area contributed by atoms with Crippen molar-refractivity contribution in [3.8, 4) is 0 Å². The molecule has 4 rings (SSSR count). The highest BCUT2D eigenvalue weighted by molar-refractivity contribution is 7.90. The van der Waals surface area contributed by atoms with Crippen LogP contribution in [0.4, 0.5) is 8.78 Å². The number of likely N-dealkylation sites (tertiary alicyclic amines) is 1. The van der Waals surface area contributed by atoms with Crippen LogP contribution in [0.25, 0.3) is 0 Å². The number of alkyl halides is 1. The minimum absolute atomic E-state index is 0.132. The fourth-order valence-corrected chi connectivity index (χ4v) is 5.47. The van der Waals surface area contributed by atoms with Crippen molar-refractivity contribution in [1.82, 2.24) is 9.80 Å². The van der Waals surface area contributed by atoms with Gasteiger partial charge in [0.25, 0.3) is 0 Å². The Morgan fingerprint density at radius 1 is 1.07 bits per heavy atom. The minimum Gasteiger partial charge on any atom is -0.305 e. The van der Waals surface area contributed by atoms with Crippen LogP contribution in [0.3, 0.4) is 0 Å². The Bertz CT molecular complexity index is 1010. The zero-order valence-electron chi connectivity index (χ0n) is 16.8. The molecule has 0 spiro atoms. The Balaban J connectivity index is 1.64. The monoisotopic (exact) mass is 420 g/mol. The van der Waals surface area contributed by atoms with Crippen molar-refractivity contribution in [1.29, 1.82) is 0 Å². The smallest absolute Gasteiger partial charge is 0.175 e. The van der Waals surface area contributed by atoms with Gasteiger partial charge < -0.3 is 4.90 Å². The molecule has 2 aliphatic rings. The molecular formula is C22H26F2N2O2S. The van der Waals surface area contributed by atoms with Crippen LogP contribution < -0.4 is 0 Å². The van der Waals surface area contributed by atoms with Gasteiger partial charge in [-0.3, -0.25) is 4.90 Å². The van der Waals surface area contributed by atoms with Gasteiger partial charge in [0.2, 0.25) is 0 Å². The SMILES string of the molecule is CN(C)C1CN(C2C[C@H](F)c3cccc(F)c32)CC1c1ccc(S(C)(=O)=O)cc1. The van der Waals surface area contributed by atoms with Gasteiger partial charge in [-0.05, 0) is 43.4 Å². The summed E-state index contributed by atoms with van der Waals surface area (Å²) in [5.74, 6) is -0.206. The van der Waals surface area contributed by atoms with Crippen molar-refractivity contribution < 1.29 is 17.2 Å². The molecule has 156 valence electrons. The number of benzene rings is 2. The third kappa shape index (κ3) is 3.71. The zero-order chi connectivity index (χ0) is 20.9. The molecule has 1 saturated heterocycles. The molecule has 0 aromatic heterocycles. The Kier molecular flexibility index (Phi) is 5.25. The zero-order valence-corrected chi connectivity index (χ0v) is 17.7. The van der Waals surface area contributed by atoms with Gasteiger partial charge in [-0.25, -0.2) is 17.2 Å². The number of hydrogen-bond acceptors (Lipinski definition) is 4. The molecule has 7 heteroatoms. The summed E-state index contributed by atoms with van der Waals surface area (Å²) in [6.07, 6.45) is 0.328. The van der Waals surface area contributed by atoms with Crippen LogP contribution >= 0.6 is 0 Å². The van der Waals surface area contributed by atoms with Crippen molar-refractivity contribution in [2.75, 3.05) is 33.4 Å². The lowest BCUT2D eigenvalue weighted by molar-refractivity contribution is 0.188. The first kappa shape index (κ1) is 20.4. The summed E-state index contributed by atoms with van der Waals surface area (Å²) in [7, 11) is 0.769. The van der Waals surface area contributed by atoms with E-state index >= 15 is 0 Å². The maximum Gasteiger partial charge on any atom is 0.175 e. The Labute approximate surface area is 171 Å². The van der Waals surface area contributed by atoms with Crippen molar-refractivity contribution >= 4 is 9.84 Å². The molecule has 0 N–H and O–H groups in total. The summed E-state index contributed by atoms with van der Waals surface area (Å²) >= 11 is 0. The summed E-state index contributed by atoms with van der Waals surface area (Å²) in [4.78, 5) is 4.62. The number of rotatable bonds is 4. The van der Waals surface area contributed by atoms with Crippen LogP contribution in [-0.4, -0.2) is 57.7 Å². The molecule has 1 aliphatic carbocycles. The molecule has 1 heterocycles. The quantitative estimate of drug-likeness (QED) is 0.756. The third-order valence-electron chi connectivity index (χ3n) is 6.35. The summed E-state index contributed by atoms with van der Waals surface area (Å²) in [5, 5.41) is 0. The normalized spacial score (nSPS) is 27.5. The van der Waals surface area contributed by atoms with Crippen LogP contribution in [0.5, 0.6) is 0 Å². The molecule has 0 saturated carbocycles. The van der Waals surface area contributed by atoms with E-state index in [-0.39, 0.29) is 30.2 Å². The van der Waals surface area contributed by atoms with E-state index in [4.69, 9.17) is 0 Å². The summed E-state index contributed by atoms with van der Waals surface area (Å²) in [6.45, 7) is 1.38. The van der Waals surface area contributed by atoms with Crippen molar-refractivity contribution in [2.24, 2.45) is 0 Å². The molecule has 4 nitrogen and oxygen atoms in total. The fraction of sp³-hybridized carbons (Fsp3) is 0.455. The van der Waals surface area contributed by atoms with E-state index in [1.165, 1.54) is 12.3 Å². The van der Waals surface area contributed by atoms with Crippen LogP contribution in [0, 0.1) is 5.82 Å². The maximum absolute atomic E-state index is 14.6. The second-order valence-electron chi connectivity index (χ2n) is 8.39. The highest BCUT2D eigenvalue weighted by atomic mass is 32.2. The van der Waals surface area contributed by atoms with E-state index in [0.717, 1.165) is 5.56 Å². The van der Waals surface area contributed by atoms with E-state index in [9.17, 15) is 17.2 Å². The lowest BCUT2D eigenvalue weighted by atomic mass is 9.94. The first-order valence-electron chi connectivity index (χ1n) is 9.79. The molecular weight excluding hydrogens is 394 g/mol. The second kappa shape index (κ2) is 7.45. The first-order chi connectivity index (χ1) is 13.7. The number of halogens is 2. The molecule has 29 heavy (non-hydrogen) atoms. The van der Waals surface area contributed by atoms with Crippen LogP contribution in [0.2, 0.25) is 0 Å². The third-order valence-corrected chi connectivity index (χ3v) is 7.47. The molecule has 1 fully saturated rings. The highest BCUT2D eigenvalue weighted by Crippen LogP contribution is 2.48. The van der Waals surface area contributed by atoms with Crippen molar-refractivity contribution in [3.63, 3.8) is 0 Å². The number of likely N-dealkylation sites (N-methyl/N-ethyl adjacent to an activating group) is 1. The van der Waals surface area contributed by atoms with Gasteiger partial charge in [-0.15, -0.1) is 0 Å². The molecule has 0 radical (unpaired) electrons. The Hall–Kier alpha value is -1.83. The highest BCUT2D eigenvalue weighted by Gasteiger charge is 2.43. The van der Waals surface area contributed by atoms with E-state index in [1.807, 2.05) is 26.2 Å².